The highest BCUT2D eigenvalue weighted by atomic mass is 16.6. The van der Waals surface area contributed by atoms with Gasteiger partial charge in [-0.1, -0.05) is 26.7 Å². The smallest absolute Gasteiger partial charge is 0.276 e. The number of nitrogens with one attached hydrogen (secondary N) is 2. The van der Waals surface area contributed by atoms with Gasteiger partial charge in [-0.15, -0.1) is 0 Å². The number of rotatable bonds is 7. The van der Waals surface area contributed by atoms with Gasteiger partial charge < -0.3 is 10.6 Å². The summed E-state index contributed by atoms with van der Waals surface area (Å²) >= 11 is 0. The van der Waals surface area contributed by atoms with E-state index in [1.165, 1.54) is 12.1 Å². The maximum absolute atomic E-state index is 10.8. The molecular weight excluding hydrogens is 232 g/mol. The molecule has 1 aromatic heterocycles. The van der Waals surface area contributed by atoms with Gasteiger partial charge >= 0.3 is 0 Å². The van der Waals surface area contributed by atoms with E-state index >= 15 is 0 Å². The summed E-state index contributed by atoms with van der Waals surface area (Å²) in [5.74, 6) is 1.60. The summed E-state index contributed by atoms with van der Waals surface area (Å²) in [5, 5.41) is 16.8. The van der Waals surface area contributed by atoms with Crippen molar-refractivity contribution in [3.63, 3.8) is 0 Å². The summed E-state index contributed by atoms with van der Waals surface area (Å²) in [7, 11) is 1.69. The van der Waals surface area contributed by atoms with Crippen molar-refractivity contribution in [2.24, 2.45) is 5.92 Å². The minimum absolute atomic E-state index is 0.0430. The number of aromatic nitrogens is 1. The molecule has 0 atom stereocenters. The Bertz CT molecular complexity index is 405. The number of pyridine rings is 1. The van der Waals surface area contributed by atoms with Gasteiger partial charge in [-0.25, -0.2) is 4.98 Å². The Labute approximate surface area is 107 Å². The Hall–Kier alpha value is -1.85. The molecule has 0 saturated heterocycles. The Balaban J connectivity index is 2.81. The molecule has 6 heteroatoms. The van der Waals surface area contributed by atoms with E-state index in [4.69, 9.17) is 0 Å². The van der Waals surface area contributed by atoms with Gasteiger partial charge in [-0.05, 0) is 5.92 Å². The first-order valence-electron chi connectivity index (χ1n) is 6.18. The largest absolute Gasteiger partial charge is 0.373 e. The van der Waals surface area contributed by atoms with Crippen LogP contribution in [0.15, 0.2) is 12.1 Å². The lowest BCUT2D eigenvalue weighted by molar-refractivity contribution is -0.384. The maximum Gasteiger partial charge on any atom is 0.276 e. The van der Waals surface area contributed by atoms with Gasteiger partial charge in [0.05, 0.1) is 17.1 Å². The van der Waals surface area contributed by atoms with Crippen LogP contribution in [0.5, 0.6) is 0 Å². The molecule has 0 bridgehead atoms. The fourth-order valence-corrected chi connectivity index (χ4v) is 1.67. The molecule has 1 heterocycles. The summed E-state index contributed by atoms with van der Waals surface area (Å²) in [6, 6.07) is 2.88. The molecule has 0 aromatic carbocycles. The summed E-state index contributed by atoms with van der Waals surface area (Å²) in [5.41, 5.74) is 0.0430. The van der Waals surface area contributed by atoms with E-state index in [-0.39, 0.29) is 5.69 Å². The van der Waals surface area contributed by atoms with Crippen molar-refractivity contribution in [3.05, 3.63) is 22.2 Å². The molecule has 0 saturated carbocycles. The fraction of sp³-hybridized carbons (Fsp3) is 0.583. The Morgan fingerprint density at radius 2 is 1.94 bits per heavy atom. The summed E-state index contributed by atoms with van der Waals surface area (Å²) in [4.78, 5) is 14.6. The van der Waals surface area contributed by atoms with E-state index in [1.807, 2.05) is 0 Å². The highest BCUT2D eigenvalue weighted by Gasteiger charge is 2.11. The lowest BCUT2D eigenvalue weighted by Gasteiger charge is -2.14. The highest BCUT2D eigenvalue weighted by Crippen LogP contribution is 2.20. The maximum atomic E-state index is 10.8. The third kappa shape index (κ3) is 3.87. The second kappa shape index (κ2) is 6.78. The molecule has 0 amide bonds. The van der Waals surface area contributed by atoms with Crippen molar-refractivity contribution in [3.8, 4) is 0 Å². The third-order valence-corrected chi connectivity index (χ3v) is 3.00. The lowest BCUT2D eigenvalue weighted by Crippen LogP contribution is -2.14. The fourth-order valence-electron chi connectivity index (χ4n) is 1.67. The van der Waals surface area contributed by atoms with Crippen LogP contribution < -0.4 is 10.6 Å². The van der Waals surface area contributed by atoms with Crippen molar-refractivity contribution >= 4 is 17.3 Å². The first-order chi connectivity index (χ1) is 8.60. The number of nitrogens with zero attached hydrogens (tertiary/aromatic N) is 2. The summed E-state index contributed by atoms with van der Waals surface area (Å²) in [6.45, 7) is 5.05. The molecule has 1 rings (SSSR count). The van der Waals surface area contributed by atoms with Crippen molar-refractivity contribution in [2.75, 3.05) is 24.2 Å². The van der Waals surface area contributed by atoms with E-state index in [0.717, 1.165) is 19.4 Å². The minimum Gasteiger partial charge on any atom is -0.373 e. The van der Waals surface area contributed by atoms with Gasteiger partial charge in [0.1, 0.15) is 11.6 Å². The Morgan fingerprint density at radius 1 is 1.33 bits per heavy atom. The van der Waals surface area contributed by atoms with Crippen molar-refractivity contribution in [2.45, 2.75) is 26.7 Å². The summed E-state index contributed by atoms with van der Waals surface area (Å²) < 4.78 is 0. The molecule has 6 nitrogen and oxygen atoms in total. The summed E-state index contributed by atoms with van der Waals surface area (Å²) in [6.07, 6.45) is 2.16. The molecule has 2 N–H and O–H groups in total. The standard InChI is InChI=1S/C12H20N4O2/c1-4-9(5-2)8-14-12-7-10(16(17)18)6-11(13-3)15-12/h6-7,9H,4-5,8H2,1-3H3,(H2,13,14,15). The van der Waals surface area contributed by atoms with E-state index in [0.29, 0.717) is 17.6 Å². The molecular formula is C12H20N4O2. The second-order valence-corrected chi connectivity index (χ2v) is 4.17. The van der Waals surface area contributed by atoms with Crippen LogP contribution in [-0.4, -0.2) is 23.5 Å². The van der Waals surface area contributed by atoms with Crippen LogP contribution in [0.25, 0.3) is 0 Å². The number of anilines is 2. The predicted octanol–water partition coefficient (Wildman–Crippen LogP) is 2.88. The van der Waals surface area contributed by atoms with Crippen molar-refractivity contribution in [1.82, 2.24) is 4.98 Å². The van der Waals surface area contributed by atoms with Gasteiger partial charge in [-0.2, -0.15) is 0 Å². The average molecular weight is 252 g/mol. The molecule has 1 aromatic rings. The lowest BCUT2D eigenvalue weighted by atomic mass is 10.0. The van der Waals surface area contributed by atoms with E-state index in [1.54, 1.807) is 7.05 Å². The first-order valence-corrected chi connectivity index (χ1v) is 6.18. The van der Waals surface area contributed by atoms with Gasteiger partial charge in [0.2, 0.25) is 0 Å². The van der Waals surface area contributed by atoms with Crippen LogP contribution in [-0.2, 0) is 0 Å². The van der Waals surface area contributed by atoms with Crippen molar-refractivity contribution < 1.29 is 4.92 Å². The SMILES string of the molecule is CCC(CC)CNc1cc([N+](=O)[O-])cc(NC)n1. The molecule has 0 unspecified atom stereocenters. The zero-order valence-electron chi connectivity index (χ0n) is 11.1. The molecule has 0 fully saturated rings. The van der Waals surface area contributed by atoms with Gasteiger partial charge in [0.25, 0.3) is 5.69 Å². The third-order valence-electron chi connectivity index (χ3n) is 3.00. The zero-order chi connectivity index (χ0) is 13.5. The second-order valence-electron chi connectivity index (χ2n) is 4.17. The monoisotopic (exact) mass is 252 g/mol. The molecule has 0 aliphatic heterocycles. The van der Waals surface area contributed by atoms with Crippen LogP contribution in [0.2, 0.25) is 0 Å². The minimum atomic E-state index is -0.412. The number of hydrogen-bond donors (Lipinski definition) is 2. The van der Waals surface area contributed by atoms with Gasteiger partial charge in [0.15, 0.2) is 0 Å². The normalized spacial score (nSPS) is 10.4. The average Bonchev–Trinajstić information content (AvgIpc) is 2.39. The first kappa shape index (κ1) is 14.2. The number of hydrogen-bond acceptors (Lipinski definition) is 5. The van der Waals surface area contributed by atoms with Gasteiger partial charge in [0, 0.05) is 13.6 Å². The van der Waals surface area contributed by atoms with E-state index < -0.39 is 4.92 Å². The van der Waals surface area contributed by atoms with Crippen LogP contribution >= 0.6 is 0 Å². The Morgan fingerprint density at radius 3 is 2.44 bits per heavy atom. The predicted molar refractivity (Wildman–Crippen MR) is 73.0 cm³/mol. The molecule has 0 aliphatic rings. The van der Waals surface area contributed by atoms with Crippen LogP contribution in [0, 0.1) is 16.0 Å². The molecule has 0 radical (unpaired) electrons. The van der Waals surface area contributed by atoms with Gasteiger partial charge in [-0.3, -0.25) is 10.1 Å². The van der Waals surface area contributed by atoms with Crippen LogP contribution in [0.1, 0.15) is 26.7 Å². The highest BCUT2D eigenvalue weighted by molar-refractivity contribution is 5.54. The van der Waals surface area contributed by atoms with Crippen molar-refractivity contribution in [1.29, 1.82) is 0 Å². The van der Waals surface area contributed by atoms with E-state index in [2.05, 4.69) is 29.5 Å². The topological polar surface area (TPSA) is 80.1 Å². The van der Waals surface area contributed by atoms with Crippen LogP contribution in [0.3, 0.4) is 0 Å². The molecule has 18 heavy (non-hydrogen) atoms. The van der Waals surface area contributed by atoms with E-state index in [9.17, 15) is 10.1 Å². The number of nitro groups is 1. The molecule has 100 valence electrons. The Kier molecular flexibility index (Phi) is 5.35. The molecule has 0 spiro atoms. The van der Waals surface area contributed by atoms with Crippen LogP contribution in [0.4, 0.5) is 17.3 Å². The molecule has 0 aliphatic carbocycles. The zero-order valence-corrected chi connectivity index (χ0v) is 11.1. The quantitative estimate of drug-likeness (QED) is 0.576.